The van der Waals surface area contributed by atoms with Gasteiger partial charge >= 0.3 is 0 Å². The SMILES string of the molecule is Cc1cc(NN)nc(CN2CCC(C)C2)n1. The molecule has 2 heterocycles. The molecule has 1 atom stereocenters. The molecule has 1 saturated heterocycles. The van der Waals surface area contributed by atoms with Crippen LogP contribution in [0.25, 0.3) is 0 Å². The Balaban J connectivity index is 2.06. The van der Waals surface area contributed by atoms with Gasteiger partial charge in [-0.3, -0.25) is 4.90 Å². The van der Waals surface area contributed by atoms with Gasteiger partial charge in [-0.05, 0) is 25.8 Å². The van der Waals surface area contributed by atoms with Crippen LogP contribution >= 0.6 is 0 Å². The van der Waals surface area contributed by atoms with E-state index in [9.17, 15) is 0 Å². The van der Waals surface area contributed by atoms with Crippen LogP contribution in [0.5, 0.6) is 0 Å². The Hall–Kier alpha value is -1.20. The maximum atomic E-state index is 5.36. The summed E-state index contributed by atoms with van der Waals surface area (Å²) in [6.45, 7) is 7.34. The van der Waals surface area contributed by atoms with Gasteiger partial charge in [0.1, 0.15) is 11.6 Å². The molecular formula is C11H19N5. The molecule has 1 aromatic heterocycles. The summed E-state index contributed by atoms with van der Waals surface area (Å²) in [6, 6.07) is 1.84. The number of nitrogens with zero attached hydrogens (tertiary/aromatic N) is 3. The minimum Gasteiger partial charge on any atom is -0.308 e. The molecule has 1 aromatic rings. The zero-order valence-electron chi connectivity index (χ0n) is 9.90. The quantitative estimate of drug-likeness (QED) is 0.586. The Kier molecular flexibility index (Phi) is 3.36. The first-order valence-corrected chi connectivity index (χ1v) is 5.71. The van der Waals surface area contributed by atoms with E-state index in [4.69, 9.17) is 5.84 Å². The van der Waals surface area contributed by atoms with Crippen molar-refractivity contribution in [1.82, 2.24) is 14.9 Å². The van der Waals surface area contributed by atoms with E-state index in [1.807, 2.05) is 13.0 Å². The molecular weight excluding hydrogens is 202 g/mol. The van der Waals surface area contributed by atoms with Gasteiger partial charge in [0.15, 0.2) is 0 Å². The summed E-state index contributed by atoms with van der Waals surface area (Å²) >= 11 is 0. The summed E-state index contributed by atoms with van der Waals surface area (Å²) in [6.07, 6.45) is 1.27. The maximum absolute atomic E-state index is 5.36. The zero-order valence-corrected chi connectivity index (χ0v) is 9.90. The number of aryl methyl sites for hydroxylation is 1. The van der Waals surface area contributed by atoms with Gasteiger partial charge in [-0.15, -0.1) is 0 Å². The van der Waals surface area contributed by atoms with E-state index in [1.165, 1.54) is 6.42 Å². The van der Waals surface area contributed by atoms with Crippen LogP contribution in [0, 0.1) is 12.8 Å². The summed E-state index contributed by atoms with van der Waals surface area (Å²) in [4.78, 5) is 11.2. The smallest absolute Gasteiger partial charge is 0.145 e. The van der Waals surface area contributed by atoms with Crippen LogP contribution in [0.3, 0.4) is 0 Å². The fraction of sp³-hybridized carbons (Fsp3) is 0.636. The molecule has 5 nitrogen and oxygen atoms in total. The lowest BCUT2D eigenvalue weighted by Crippen LogP contribution is -2.22. The molecule has 0 amide bonds. The molecule has 0 bridgehead atoms. The first-order valence-electron chi connectivity index (χ1n) is 5.71. The lowest BCUT2D eigenvalue weighted by atomic mass is 10.2. The van der Waals surface area contributed by atoms with Crippen molar-refractivity contribution in [2.75, 3.05) is 18.5 Å². The molecule has 3 N–H and O–H groups in total. The molecule has 1 aliphatic heterocycles. The first-order chi connectivity index (χ1) is 7.67. The third-order valence-corrected chi connectivity index (χ3v) is 2.92. The van der Waals surface area contributed by atoms with E-state index < -0.39 is 0 Å². The van der Waals surface area contributed by atoms with Crippen molar-refractivity contribution in [2.45, 2.75) is 26.8 Å². The van der Waals surface area contributed by atoms with E-state index in [1.54, 1.807) is 0 Å². The van der Waals surface area contributed by atoms with Gasteiger partial charge in [0, 0.05) is 18.3 Å². The summed E-state index contributed by atoms with van der Waals surface area (Å²) in [5.74, 6) is 7.69. The van der Waals surface area contributed by atoms with E-state index in [2.05, 4.69) is 27.2 Å². The van der Waals surface area contributed by atoms with Crippen LogP contribution in [0.2, 0.25) is 0 Å². The Labute approximate surface area is 96.0 Å². The second kappa shape index (κ2) is 4.76. The van der Waals surface area contributed by atoms with Gasteiger partial charge in [-0.1, -0.05) is 6.92 Å². The van der Waals surface area contributed by atoms with Crippen LogP contribution in [0.1, 0.15) is 24.9 Å². The number of hydrazine groups is 1. The fourth-order valence-electron chi connectivity index (χ4n) is 2.14. The Morgan fingerprint density at radius 1 is 1.56 bits per heavy atom. The largest absolute Gasteiger partial charge is 0.308 e. The number of anilines is 1. The average Bonchev–Trinajstić information content (AvgIpc) is 2.63. The second-order valence-corrected chi connectivity index (χ2v) is 4.58. The van der Waals surface area contributed by atoms with Crippen molar-refractivity contribution in [3.63, 3.8) is 0 Å². The summed E-state index contributed by atoms with van der Waals surface area (Å²) in [7, 11) is 0. The molecule has 0 saturated carbocycles. The molecule has 0 aliphatic carbocycles. The van der Waals surface area contributed by atoms with Crippen LogP contribution in [-0.2, 0) is 6.54 Å². The second-order valence-electron chi connectivity index (χ2n) is 4.58. The summed E-state index contributed by atoms with van der Waals surface area (Å²) < 4.78 is 0. The van der Waals surface area contributed by atoms with E-state index in [0.29, 0.717) is 5.82 Å². The highest BCUT2D eigenvalue weighted by Gasteiger charge is 2.19. The Bertz CT molecular complexity index is 365. The molecule has 88 valence electrons. The molecule has 1 unspecified atom stereocenters. The highest BCUT2D eigenvalue weighted by molar-refractivity contribution is 5.33. The lowest BCUT2D eigenvalue weighted by molar-refractivity contribution is 0.312. The van der Waals surface area contributed by atoms with Crippen molar-refractivity contribution in [3.8, 4) is 0 Å². The van der Waals surface area contributed by atoms with Gasteiger partial charge in [-0.25, -0.2) is 15.8 Å². The van der Waals surface area contributed by atoms with Gasteiger partial charge in [-0.2, -0.15) is 0 Å². The monoisotopic (exact) mass is 221 g/mol. The van der Waals surface area contributed by atoms with Crippen molar-refractivity contribution in [3.05, 3.63) is 17.6 Å². The van der Waals surface area contributed by atoms with E-state index in [0.717, 1.165) is 37.1 Å². The van der Waals surface area contributed by atoms with E-state index in [-0.39, 0.29) is 0 Å². The molecule has 16 heavy (non-hydrogen) atoms. The third kappa shape index (κ3) is 2.68. The van der Waals surface area contributed by atoms with Crippen molar-refractivity contribution < 1.29 is 0 Å². The molecule has 0 spiro atoms. The highest BCUT2D eigenvalue weighted by atomic mass is 15.3. The molecule has 0 aromatic carbocycles. The summed E-state index contributed by atoms with van der Waals surface area (Å²) in [5.41, 5.74) is 3.52. The van der Waals surface area contributed by atoms with Crippen molar-refractivity contribution >= 4 is 5.82 Å². The maximum Gasteiger partial charge on any atom is 0.145 e. The van der Waals surface area contributed by atoms with E-state index >= 15 is 0 Å². The number of likely N-dealkylation sites (tertiary alicyclic amines) is 1. The molecule has 2 rings (SSSR count). The minimum absolute atomic E-state index is 0.690. The highest BCUT2D eigenvalue weighted by Crippen LogP contribution is 2.17. The number of nitrogen functional groups attached to an aromatic ring is 1. The van der Waals surface area contributed by atoms with Gasteiger partial charge in [0.2, 0.25) is 0 Å². The van der Waals surface area contributed by atoms with Crippen LogP contribution in [-0.4, -0.2) is 28.0 Å². The van der Waals surface area contributed by atoms with Gasteiger partial charge in [0.25, 0.3) is 0 Å². The normalized spacial score (nSPS) is 21.3. The Morgan fingerprint density at radius 3 is 3.00 bits per heavy atom. The topological polar surface area (TPSA) is 67.1 Å². The number of nitrogens with one attached hydrogen (secondary N) is 1. The Morgan fingerprint density at radius 2 is 2.38 bits per heavy atom. The zero-order chi connectivity index (χ0) is 11.5. The minimum atomic E-state index is 0.690. The third-order valence-electron chi connectivity index (χ3n) is 2.92. The molecule has 1 aliphatic rings. The average molecular weight is 221 g/mol. The molecule has 5 heteroatoms. The van der Waals surface area contributed by atoms with Gasteiger partial charge < -0.3 is 5.43 Å². The number of hydrogen-bond acceptors (Lipinski definition) is 5. The van der Waals surface area contributed by atoms with Crippen LogP contribution in [0.15, 0.2) is 6.07 Å². The number of rotatable bonds is 3. The number of hydrogen-bond donors (Lipinski definition) is 2. The van der Waals surface area contributed by atoms with Crippen molar-refractivity contribution in [2.24, 2.45) is 11.8 Å². The molecule has 1 fully saturated rings. The number of nitrogens with two attached hydrogens (primary N) is 1. The predicted octanol–water partition coefficient (Wildman–Crippen LogP) is 0.912. The standard InChI is InChI=1S/C11H19N5/c1-8-3-4-16(6-8)7-11-13-9(2)5-10(14-11)15-12/h5,8H,3-4,6-7,12H2,1-2H3,(H,13,14,15). The fourth-order valence-corrected chi connectivity index (χ4v) is 2.14. The van der Waals surface area contributed by atoms with Crippen molar-refractivity contribution in [1.29, 1.82) is 0 Å². The lowest BCUT2D eigenvalue weighted by Gasteiger charge is -2.14. The molecule has 0 radical (unpaired) electrons. The summed E-state index contributed by atoms with van der Waals surface area (Å²) in [5, 5.41) is 0. The number of aromatic nitrogens is 2. The van der Waals surface area contributed by atoms with Crippen LogP contribution in [0.4, 0.5) is 5.82 Å². The van der Waals surface area contributed by atoms with Crippen LogP contribution < -0.4 is 11.3 Å². The predicted molar refractivity (Wildman–Crippen MR) is 63.6 cm³/mol. The van der Waals surface area contributed by atoms with Gasteiger partial charge in [0.05, 0.1) is 6.54 Å². The first kappa shape index (κ1) is 11.3.